The van der Waals surface area contributed by atoms with Crippen LogP contribution in [0.5, 0.6) is 0 Å². The van der Waals surface area contributed by atoms with E-state index >= 15 is 0 Å². The Morgan fingerprint density at radius 2 is 2.10 bits per heavy atom. The number of carbonyl (C=O) groups is 1. The van der Waals surface area contributed by atoms with Gasteiger partial charge in [-0.3, -0.25) is 4.79 Å². The Balaban J connectivity index is 2.22. The van der Waals surface area contributed by atoms with Crippen LogP contribution in [0.1, 0.15) is 18.3 Å². The number of aryl methyl sites for hydroxylation is 1. The average molecular weight is 288 g/mol. The van der Waals surface area contributed by atoms with E-state index in [1.807, 2.05) is 30.3 Å². The highest BCUT2D eigenvalue weighted by molar-refractivity contribution is 5.79. The lowest BCUT2D eigenvalue weighted by molar-refractivity contribution is -0.144. The molecule has 1 aromatic heterocycles. The van der Waals surface area contributed by atoms with Crippen LogP contribution in [0.4, 0.5) is 0 Å². The third-order valence-electron chi connectivity index (χ3n) is 2.68. The summed E-state index contributed by atoms with van der Waals surface area (Å²) in [5.41, 5.74) is 0.384. The molecule has 0 saturated heterocycles. The minimum absolute atomic E-state index is 0.221. The molecule has 0 N–H and O–H groups in total. The number of esters is 1. The number of aromatic nitrogens is 3. The summed E-state index contributed by atoms with van der Waals surface area (Å²) >= 11 is 0. The van der Waals surface area contributed by atoms with Crippen LogP contribution in [-0.2, 0) is 16.1 Å². The van der Waals surface area contributed by atoms with Gasteiger partial charge in [0.25, 0.3) is 0 Å². The first-order chi connectivity index (χ1) is 10.1. The van der Waals surface area contributed by atoms with Crippen LogP contribution in [0, 0.1) is 6.92 Å². The minimum Gasteiger partial charge on any atom is -0.465 e. The molecule has 0 spiro atoms. The molecule has 21 heavy (non-hydrogen) atoms. The molecule has 0 atom stereocenters. The number of carbonyl (C=O) groups excluding carboxylic acids is 1. The third kappa shape index (κ3) is 3.65. The number of hydrogen-bond acceptors (Lipinski definition) is 5. The average Bonchev–Trinajstić information content (AvgIpc) is 2.73. The van der Waals surface area contributed by atoms with Gasteiger partial charge in [-0.1, -0.05) is 30.3 Å². The number of benzene rings is 1. The van der Waals surface area contributed by atoms with Crippen molar-refractivity contribution in [3.8, 4) is 0 Å². The minimum atomic E-state index is -0.503. The van der Waals surface area contributed by atoms with Gasteiger partial charge in [-0.05, 0) is 19.4 Å². The van der Waals surface area contributed by atoms with E-state index in [1.54, 1.807) is 20.1 Å². The molecule has 0 fully saturated rings. The molecule has 7 nitrogen and oxygen atoms in total. The van der Waals surface area contributed by atoms with Crippen LogP contribution < -0.4 is 5.69 Å². The van der Waals surface area contributed by atoms with Gasteiger partial charge < -0.3 is 4.74 Å². The van der Waals surface area contributed by atoms with Crippen molar-refractivity contribution in [2.75, 3.05) is 6.61 Å². The molecule has 7 heteroatoms. The quantitative estimate of drug-likeness (QED) is 0.602. The van der Waals surface area contributed by atoms with E-state index in [4.69, 9.17) is 4.74 Å². The Labute approximate surface area is 121 Å². The van der Waals surface area contributed by atoms with Crippen molar-refractivity contribution in [1.29, 1.82) is 0 Å². The SMILES string of the molecule is CCOC(=O)Cn1nc(C)n(/N=C\c2ccccc2)c1=O. The fraction of sp³-hybridized carbons (Fsp3) is 0.286. The molecule has 0 aliphatic carbocycles. The Morgan fingerprint density at radius 1 is 1.38 bits per heavy atom. The van der Waals surface area contributed by atoms with Crippen molar-refractivity contribution in [1.82, 2.24) is 14.5 Å². The predicted molar refractivity (Wildman–Crippen MR) is 77.3 cm³/mol. The molecule has 110 valence electrons. The van der Waals surface area contributed by atoms with Crippen molar-refractivity contribution < 1.29 is 9.53 Å². The summed E-state index contributed by atoms with van der Waals surface area (Å²) in [4.78, 5) is 23.5. The Hall–Kier alpha value is -2.70. The summed E-state index contributed by atoms with van der Waals surface area (Å²) in [7, 11) is 0. The third-order valence-corrected chi connectivity index (χ3v) is 2.68. The summed E-state index contributed by atoms with van der Waals surface area (Å²) in [5, 5.41) is 8.09. The molecule has 1 heterocycles. The Bertz CT molecular complexity index is 701. The Kier molecular flexibility index (Phi) is 4.65. The normalized spacial score (nSPS) is 11.0. The van der Waals surface area contributed by atoms with Gasteiger partial charge in [0.2, 0.25) is 0 Å². The highest BCUT2D eigenvalue weighted by Crippen LogP contribution is 1.96. The second-order valence-electron chi connectivity index (χ2n) is 4.26. The monoisotopic (exact) mass is 288 g/mol. The standard InChI is InChI=1S/C14H16N4O3/c1-3-21-13(19)10-17-14(20)18(11(2)16-17)15-9-12-7-5-4-6-8-12/h4-9H,3,10H2,1-2H3/b15-9-. The molecule has 0 unspecified atom stereocenters. The van der Waals surface area contributed by atoms with E-state index in [2.05, 4.69) is 10.2 Å². The maximum absolute atomic E-state index is 12.1. The molecule has 1 aromatic carbocycles. The first kappa shape index (κ1) is 14.7. The van der Waals surface area contributed by atoms with Crippen molar-refractivity contribution in [3.05, 3.63) is 52.2 Å². The molecule has 0 radical (unpaired) electrons. The van der Waals surface area contributed by atoms with Gasteiger partial charge in [0.05, 0.1) is 12.8 Å². The van der Waals surface area contributed by atoms with Crippen LogP contribution >= 0.6 is 0 Å². The van der Waals surface area contributed by atoms with Gasteiger partial charge in [0.1, 0.15) is 6.54 Å². The van der Waals surface area contributed by atoms with Crippen LogP contribution in [0.15, 0.2) is 40.2 Å². The zero-order valence-electron chi connectivity index (χ0n) is 11.9. The van der Waals surface area contributed by atoms with Crippen molar-refractivity contribution in [2.45, 2.75) is 20.4 Å². The van der Waals surface area contributed by atoms with Crippen molar-refractivity contribution in [2.24, 2.45) is 5.10 Å². The van der Waals surface area contributed by atoms with E-state index in [9.17, 15) is 9.59 Å². The van der Waals surface area contributed by atoms with Gasteiger partial charge in [0.15, 0.2) is 5.82 Å². The first-order valence-electron chi connectivity index (χ1n) is 6.53. The summed E-state index contributed by atoms with van der Waals surface area (Å²) in [6, 6.07) is 9.38. The maximum Gasteiger partial charge on any atom is 0.367 e. The number of rotatable bonds is 5. The van der Waals surface area contributed by atoms with E-state index in [0.29, 0.717) is 5.82 Å². The molecular weight excluding hydrogens is 272 g/mol. The highest BCUT2D eigenvalue weighted by atomic mass is 16.5. The van der Waals surface area contributed by atoms with Crippen LogP contribution in [0.2, 0.25) is 0 Å². The van der Waals surface area contributed by atoms with Gasteiger partial charge in [-0.2, -0.15) is 14.9 Å². The number of hydrogen-bond donors (Lipinski definition) is 0. The molecule has 0 aliphatic heterocycles. The molecule has 0 amide bonds. The van der Waals surface area contributed by atoms with Crippen molar-refractivity contribution >= 4 is 12.2 Å². The van der Waals surface area contributed by atoms with Gasteiger partial charge >= 0.3 is 11.7 Å². The lowest BCUT2D eigenvalue weighted by Gasteiger charge is -1.99. The maximum atomic E-state index is 12.1. The van der Waals surface area contributed by atoms with Gasteiger partial charge in [-0.25, -0.2) is 9.48 Å². The summed E-state index contributed by atoms with van der Waals surface area (Å²) in [5.74, 6) is -0.104. The second kappa shape index (κ2) is 6.65. The first-order valence-corrected chi connectivity index (χ1v) is 6.53. The van der Waals surface area contributed by atoms with E-state index in [-0.39, 0.29) is 13.2 Å². The van der Waals surface area contributed by atoms with E-state index in [0.717, 1.165) is 14.9 Å². The smallest absolute Gasteiger partial charge is 0.367 e. The topological polar surface area (TPSA) is 78.5 Å². The zero-order chi connectivity index (χ0) is 15.2. The molecule has 0 aliphatic rings. The molecule has 0 bridgehead atoms. The summed E-state index contributed by atoms with van der Waals surface area (Å²) < 4.78 is 6.98. The molecule has 2 rings (SSSR count). The molecule has 2 aromatic rings. The fourth-order valence-electron chi connectivity index (χ4n) is 1.74. The van der Waals surface area contributed by atoms with Crippen LogP contribution in [0.3, 0.4) is 0 Å². The zero-order valence-corrected chi connectivity index (χ0v) is 11.9. The number of ether oxygens (including phenoxy) is 1. The number of nitrogens with zero attached hydrogens (tertiary/aromatic N) is 4. The predicted octanol–water partition coefficient (Wildman–Crippen LogP) is 0.799. The van der Waals surface area contributed by atoms with Crippen molar-refractivity contribution in [3.63, 3.8) is 0 Å². The lowest BCUT2D eigenvalue weighted by atomic mass is 10.2. The van der Waals surface area contributed by atoms with E-state index < -0.39 is 11.7 Å². The highest BCUT2D eigenvalue weighted by Gasteiger charge is 2.12. The van der Waals surface area contributed by atoms with E-state index in [1.165, 1.54) is 0 Å². The lowest BCUT2D eigenvalue weighted by Crippen LogP contribution is -2.27. The molecule has 0 saturated carbocycles. The second-order valence-corrected chi connectivity index (χ2v) is 4.26. The van der Waals surface area contributed by atoms with Gasteiger partial charge in [-0.15, -0.1) is 0 Å². The fourth-order valence-corrected chi connectivity index (χ4v) is 1.74. The Morgan fingerprint density at radius 3 is 2.76 bits per heavy atom. The van der Waals surface area contributed by atoms with Crippen LogP contribution in [0.25, 0.3) is 0 Å². The van der Waals surface area contributed by atoms with Crippen LogP contribution in [-0.4, -0.2) is 33.2 Å². The largest absolute Gasteiger partial charge is 0.465 e. The van der Waals surface area contributed by atoms with Gasteiger partial charge in [0, 0.05) is 0 Å². The summed E-state index contributed by atoms with van der Waals surface area (Å²) in [6.07, 6.45) is 1.56. The summed E-state index contributed by atoms with van der Waals surface area (Å²) in [6.45, 7) is 3.39. The molecular formula is C14H16N4O3.